The highest BCUT2D eigenvalue weighted by molar-refractivity contribution is 5.94. The molecular formula is C16H23Cl2N5O. The highest BCUT2D eigenvalue weighted by atomic mass is 35.5. The Morgan fingerprint density at radius 1 is 1.29 bits per heavy atom. The molecule has 1 aliphatic rings. The molecule has 0 spiro atoms. The Hall–Kier alpha value is -1.63. The maximum atomic E-state index is 12.6. The zero-order chi connectivity index (χ0) is 15.7. The van der Waals surface area contributed by atoms with Crippen LogP contribution in [0.25, 0.3) is 5.82 Å². The summed E-state index contributed by atoms with van der Waals surface area (Å²) >= 11 is 0. The van der Waals surface area contributed by atoms with Gasteiger partial charge in [0.2, 0.25) is 0 Å². The first kappa shape index (κ1) is 20.4. The second-order valence-electron chi connectivity index (χ2n) is 5.80. The minimum Gasteiger partial charge on any atom is -0.333 e. The normalized spacial score (nSPS) is 17.0. The maximum Gasteiger partial charge on any atom is 0.255 e. The fourth-order valence-corrected chi connectivity index (χ4v) is 2.81. The number of carbonyl (C=O) groups excluding carboxylic acids is 1. The van der Waals surface area contributed by atoms with Crippen molar-refractivity contribution in [2.45, 2.75) is 26.8 Å². The largest absolute Gasteiger partial charge is 0.333 e. The van der Waals surface area contributed by atoms with E-state index >= 15 is 0 Å². The van der Waals surface area contributed by atoms with Gasteiger partial charge in [0.25, 0.3) is 5.91 Å². The lowest BCUT2D eigenvalue weighted by Gasteiger charge is -2.33. The summed E-state index contributed by atoms with van der Waals surface area (Å²) in [4.78, 5) is 18.9. The van der Waals surface area contributed by atoms with Crippen molar-refractivity contribution in [2.24, 2.45) is 0 Å². The average Bonchev–Trinajstić information content (AvgIpc) is 2.86. The Bertz CT molecular complexity index is 686. The van der Waals surface area contributed by atoms with Gasteiger partial charge in [-0.2, -0.15) is 5.10 Å². The number of hydrogen-bond donors (Lipinski definition) is 1. The second kappa shape index (κ2) is 8.46. The van der Waals surface area contributed by atoms with Gasteiger partial charge in [-0.3, -0.25) is 4.79 Å². The SMILES string of the molecule is Cc1cc(C)n(-c2ccc(C(=O)N3CCNC[C@H]3C)cn2)n1.Cl.Cl. The topological polar surface area (TPSA) is 63.1 Å². The zero-order valence-electron chi connectivity index (χ0n) is 14.0. The molecule has 3 rings (SSSR count). The van der Waals surface area contributed by atoms with Crippen molar-refractivity contribution in [3.63, 3.8) is 0 Å². The number of piperazine rings is 1. The Kier molecular flexibility index (Phi) is 7.20. The van der Waals surface area contributed by atoms with E-state index in [0.29, 0.717) is 5.56 Å². The number of rotatable bonds is 2. The van der Waals surface area contributed by atoms with Crippen molar-refractivity contribution in [1.82, 2.24) is 25.0 Å². The molecule has 0 aromatic carbocycles. The van der Waals surface area contributed by atoms with Gasteiger partial charge < -0.3 is 10.2 Å². The first-order valence-corrected chi connectivity index (χ1v) is 7.57. The standard InChI is InChI=1S/C16H21N5O.2ClH/c1-11-8-12(2)21(19-11)15-5-4-14(10-18-15)16(22)20-7-6-17-9-13(20)3;;/h4-5,8,10,13,17H,6-7,9H2,1-3H3;2*1H/t13-;;/m1../s1. The molecule has 0 aliphatic carbocycles. The van der Waals surface area contributed by atoms with Gasteiger partial charge in [-0.05, 0) is 39.0 Å². The van der Waals surface area contributed by atoms with Crippen molar-refractivity contribution in [2.75, 3.05) is 19.6 Å². The molecule has 132 valence electrons. The molecule has 1 saturated heterocycles. The van der Waals surface area contributed by atoms with Crippen LogP contribution in [-0.4, -0.2) is 51.2 Å². The van der Waals surface area contributed by atoms with E-state index in [1.807, 2.05) is 36.9 Å². The van der Waals surface area contributed by atoms with Gasteiger partial charge in [-0.1, -0.05) is 0 Å². The van der Waals surface area contributed by atoms with Crippen LogP contribution in [0.3, 0.4) is 0 Å². The fourth-order valence-electron chi connectivity index (χ4n) is 2.81. The predicted octanol–water partition coefficient (Wildman–Crippen LogP) is 2.16. The van der Waals surface area contributed by atoms with Crippen LogP contribution >= 0.6 is 24.8 Å². The molecule has 3 heterocycles. The maximum absolute atomic E-state index is 12.6. The summed E-state index contributed by atoms with van der Waals surface area (Å²) in [5, 5.41) is 7.70. The van der Waals surface area contributed by atoms with Gasteiger partial charge in [0, 0.05) is 37.6 Å². The van der Waals surface area contributed by atoms with E-state index in [4.69, 9.17) is 0 Å². The van der Waals surface area contributed by atoms with E-state index in [0.717, 1.165) is 36.8 Å². The zero-order valence-corrected chi connectivity index (χ0v) is 15.7. The molecule has 1 fully saturated rings. The van der Waals surface area contributed by atoms with E-state index in [2.05, 4.69) is 22.3 Å². The molecule has 1 atom stereocenters. The number of nitrogens with zero attached hydrogens (tertiary/aromatic N) is 4. The van der Waals surface area contributed by atoms with Crippen LogP contribution in [0.4, 0.5) is 0 Å². The van der Waals surface area contributed by atoms with Crippen LogP contribution in [0.1, 0.15) is 28.7 Å². The van der Waals surface area contributed by atoms with Crippen LogP contribution in [0.15, 0.2) is 24.4 Å². The van der Waals surface area contributed by atoms with Crippen molar-refractivity contribution in [1.29, 1.82) is 0 Å². The van der Waals surface area contributed by atoms with Crippen molar-refractivity contribution < 1.29 is 4.79 Å². The van der Waals surface area contributed by atoms with E-state index in [-0.39, 0.29) is 36.8 Å². The first-order chi connectivity index (χ1) is 10.6. The van der Waals surface area contributed by atoms with Crippen LogP contribution in [0.5, 0.6) is 0 Å². The molecule has 0 unspecified atom stereocenters. The van der Waals surface area contributed by atoms with Crippen LogP contribution in [-0.2, 0) is 0 Å². The van der Waals surface area contributed by atoms with E-state index in [1.54, 1.807) is 10.9 Å². The summed E-state index contributed by atoms with van der Waals surface area (Å²) in [5.41, 5.74) is 2.60. The Morgan fingerprint density at radius 2 is 2.04 bits per heavy atom. The third-order valence-corrected chi connectivity index (χ3v) is 3.98. The molecule has 2 aromatic rings. The van der Waals surface area contributed by atoms with Gasteiger partial charge in [0.1, 0.15) is 0 Å². The third-order valence-electron chi connectivity index (χ3n) is 3.98. The number of pyridine rings is 1. The van der Waals surface area contributed by atoms with E-state index in [1.165, 1.54) is 0 Å². The molecule has 0 saturated carbocycles. The van der Waals surface area contributed by atoms with Crippen LogP contribution in [0, 0.1) is 13.8 Å². The predicted molar refractivity (Wildman–Crippen MR) is 98.7 cm³/mol. The Balaban J connectivity index is 0.00000144. The number of aryl methyl sites for hydroxylation is 2. The molecule has 0 bridgehead atoms. The van der Waals surface area contributed by atoms with Gasteiger partial charge in [0.15, 0.2) is 5.82 Å². The summed E-state index contributed by atoms with van der Waals surface area (Å²) in [6.07, 6.45) is 1.64. The molecule has 6 nitrogen and oxygen atoms in total. The second-order valence-corrected chi connectivity index (χ2v) is 5.80. The van der Waals surface area contributed by atoms with Crippen molar-refractivity contribution in [3.8, 4) is 5.82 Å². The fraction of sp³-hybridized carbons (Fsp3) is 0.438. The molecular weight excluding hydrogens is 349 g/mol. The lowest BCUT2D eigenvalue weighted by Crippen LogP contribution is -2.52. The van der Waals surface area contributed by atoms with Crippen LogP contribution in [0.2, 0.25) is 0 Å². The molecule has 1 amide bonds. The monoisotopic (exact) mass is 371 g/mol. The Labute approximate surface area is 154 Å². The smallest absolute Gasteiger partial charge is 0.255 e. The van der Waals surface area contributed by atoms with E-state index in [9.17, 15) is 4.79 Å². The molecule has 8 heteroatoms. The van der Waals surface area contributed by atoms with Gasteiger partial charge >= 0.3 is 0 Å². The molecule has 2 aromatic heterocycles. The average molecular weight is 372 g/mol. The summed E-state index contributed by atoms with van der Waals surface area (Å²) in [5.74, 6) is 0.775. The number of nitrogens with one attached hydrogen (secondary N) is 1. The van der Waals surface area contributed by atoms with Gasteiger partial charge in [0.05, 0.1) is 11.3 Å². The number of amides is 1. The minimum absolute atomic E-state index is 0. The number of halogens is 2. The summed E-state index contributed by atoms with van der Waals surface area (Å²) < 4.78 is 1.79. The van der Waals surface area contributed by atoms with Crippen molar-refractivity contribution in [3.05, 3.63) is 41.3 Å². The molecule has 0 radical (unpaired) electrons. The quantitative estimate of drug-likeness (QED) is 0.878. The highest BCUT2D eigenvalue weighted by Gasteiger charge is 2.24. The lowest BCUT2D eigenvalue weighted by atomic mass is 10.1. The number of carbonyl (C=O) groups is 1. The summed E-state index contributed by atoms with van der Waals surface area (Å²) in [6, 6.07) is 5.88. The van der Waals surface area contributed by atoms with Crippen LogP contribution < -0.4 is 5.32 Å². The first-order valence-electron chi connectivity index (χ1n) is 7.57. The van der Waals surface area contributed by atoms with Crippen molar-refractivity contribution >= 4 is 30.7 Å². The molecule has 1 aliphatic heterocycles. The molecule has 1 N–H and O–H groups in total. The Morgan fingerprint density at radius 3 is 2.58 bits per heavy atom. The number of aromatic nitrogens is 3. The summed E-state index contributed by atoms with van der Waals surface area (Å²) in [6.45, 7) is 8.41. The minimum atomic E-state index is 0. The lowest BCUT2D eigenvalue weighted by molar-refractivity contribution is 0.0655. The molecule has 24 heavy (non-hydrogen) atoms. The third kappa shape index (κ3) is 4.06. The van der Waals surface area contributed by atoms with Gasteiger partial charge in [-0.25, -0.2) is 9.67 Å². The highest BCUT2D eigenvalue weighted by Crippen LogP contribution is 2.13. The van der Waals surface area contributed by atoms with Gasteiger partial charge in [-0.15, -0.1) is 24.8 Å². The number of hydrogen-bond acceptors (Lipinski definition) is 4. The summed E-state index contributed by atoms with van der Waals surface area (Å²) in [7, 11) is 0. The van der Waals surface area contributed by atoms with E-state index < -0.39 is 0 Å².